The molecule has 1 fully saturated rings. The summed E-state index contributed by atoms with van der Waals surface area (Å²) in [7, 11) is 0. The first-order valence-electron chi connectivity index (χ1n) is 9.70. The lowest BCUT2D eigenvalue weighted by Crippen LogP contribution is -2.50. The number of alkyl halides is 3. The van der Waals surface area contributed by atoms with Crippen LogP contribution in [0.25, 0.3) is 0 Å². The number of halogens is 3. The van der Waals surface area contributed by atoms with Gasteiger partial charge in [-0.05, 0) is 49.2 Å². The Labute approximate surface area is 173 Å². The summed E-state index contributed by atoms with van der Waals surface area (Å²) in [6.07, 6.45) is -4.54. The van der Waals surface area contributed by atoms with Crippen molar-refractivity contribution < 1.29 is 22.8 Å². The fourth-order valence-electron chi connectivity index (χ4n) is 3.40. The van der Waals surface area contributed by atoms with Crippen LogP contribution in [0.2, 0.25) is 0 Å². The minimum atomic E-state index is -4.54. The zero-order valence-corrected chi connectivity index (χ0v) is 16.9. The number of para-hydroxylation sites is 1. The number of carbonyl (C=O) groups is 2. The van der Waals surface area contributed by atoms with Crippen molar-refractivity contribution in [2.45, 2.75) is 20.0 Å². The lowest BCUT2D eigenvalue weighted by Gasteiger charge is -2.34. The third-order valence-corrected chi connectivity index (χ3v) is 5.29. The third-order valence-electron chi connectivity index (χ3n) is 5.29. The fourth-order valence-corrected chi connectivity index (χ4v) is 3.40. The largest absolute Gasteiger partial charge is 0.418 e. The Morgan fingerprint density at radius 3 is 2.27 bits per heavy atom. The van der Waals surface area contributed by atoms with Crippen LogP contribution in [-0.4, -0.2) is 54.3 Å². The Morgan fingerprint density at radius 2 is 1.63 bits per heavy atom. The molecule has 0 spiro atoms. The highest BCUT2D eigenvalue weighted by atomic mass is 19.4. The van der Waals surface area contributed by atoms with Crippen LogP contribution in [0.5, 0.6) is 0 Å². The summed E-state index contributed by atoms with van der Waals surface area (Å²) < 4.78 is 39.2. The first-order chi connectivity index (χ1) is 14.1. The third kappa shape index (κ3) is 5.18. The summed E-state index contributed by atoms with van der Waals surface area (Å²) >= 11 is 0. The first-order valence-corrected chi connectivity index (χ1v) is 9.70. The summed E-state index contributed by atoms with van der Waals surface area (Å²) in [5, 5.41) is 2.35. The lowest BCUT2D eigenvalue weighted by molar-refractivity contribution is -0.137. The highest BCUT2D eigenvalue weighted by molar-refractivity contribution is 5.95. The van der Waals surface area contributed by atoms with Gasteiger partial charge in [-0.2, -0.15) is 13.2 Å². The zero-order chi connectivity index (χ0) is 21.9. The van der Waals surface area contributed by atoms with Crippen molar-refractivity contribution in [3.8, 4) is 0 Å². The molecule has 5 nitrogen and oxygen atoms in total. The van der Waals surface area contributed by atoms with Crippen LogP contribution in [0.3, 0.4) is 0 Å². The second kappa shape index (κ2) is 8.87. The maximum absolute atomic E-state index is 13.1. The van der Waals surface area contributed by atoms with Gasteiger partial charge < -0.3 is 10.2 Å². The van der Waals surface area contributed by atoms with Gasteiger partial charge in [0, 0.05) is 31.7 Å². The molecule has 0 saturated carbocycles. The number of nitrogens with zero attached hydrogens (tertiary/aromatic N) is 2. The first kappa shape index (κ1) is 21.8. The van der Waals surface area contributed by atoms with Gasteiger partial charge in [-0.3, -0.25) is 14.5 Å². The Bertz CT molecular complexity index is 935. The van der Waals surface area contributed by atoms with Gasteiger partial charge in [-0.25, -0.2) is 0 Å². The summed E-state index contributed by atoms with van der Waals surface area (Å²) in [6, 6.07) is 10.5. The molecule has 1 heterocycles. The number of amides is 2. The molecule has 2 aromatic rings. The smallest absolute Gasteiger partial charge is 0.336 e. The van der Waals surface area contributed by atoms with Crippen molar-refractivity contribution in [2.24, 2.45) is 0 Å². The highest BCUT2D eigenvalue weighted by Gasteiger charge is 2.33. The van der Waals surface area contributed by atoms with Gasteiger partial charge in [0.25, 0.3) is 5.91 Å². The molecule has 3 rings (SSSR count). The van der Waals surface area contributed by atoms with Crippen molar-refractivity contribution in [3.63, 3.8) is 0 Å². The summed E-state index contributed by atoms with van der Waals surface area (Å²) in [4.78, 5) is 28.5. The SMILES string of the molecule is Cc1ccc(C(=O)N2CCN(CC(=O)Nc3ccccc3C(F)(F)F)CC2)cc1C. The molecule has 0 aliphatic carbocycles. The topological polar surface area (TPSA) is 52.7 Å². The van der Waals surface area contributed by atoms with E-state index in [0.717, 1.165) is 17.2 Å². The van der Waals surface area contributed by atoms with Crippen LogP contribution in [0.1, 0.15) is 27.0 Å². The monoisotopic (exact) mass is 419 g/mol. The molecule has 30 heavy (non-hydrogen) atoms. The Morgan fingerprint density at radius 1 is 0.967 bits per heavy atom. The van der Waals surface area contributed by atoms with Crippen molar-refractivity contribution in [1.29, 1.82) is 0 Å². The van der Waals surface area contributed by atoms with E-state index in [9.17, 15) is 22.8 Å². The number of carbonyl (C=O) groups excluding carboxylic acids is 2. The number of hydrogen-bond donors (Lipinski definition) is 1. The van der Waals surface area contributed by atoms with Gasteiger partial charge in [-0.1, -0.05) is 18.2 Å². The zero-order valence-electron chi connectivity index (χ0n) is 16.9. The molecule has 160 valence electrons. The van der Waals surface area contributed by atoms with E-state index in [2.05, 4.69) is 5.32 Å². The van der Waals surface area contributed by atoms with E-state index in [1.54, 1.807) is 4.90 Å². The number of rotatable bonds is 4. The summed E-state index contributed by atoms with van der Waals surface area (Å²) in [6.45, 7) is 5.78. The minimum absolute atomic E-state index is 0.0299. The molecule has 0 atom stereocenters. The molecule has 1 saturated heterocycles. The molecule has 0 aromatic heterocycles. The molecule has 0 bridgehead atoms. The number of benzene rings is 2. The maximum atomic E-state index is 13.1. The molecule has 0 unspecified atom stereocenters. The standard InChI is InChI=1S/C22H24F3N3O2/c1-15-7-8-17(13-16(15)2)21(30)28-11-9-27(10-12-28)14-20(29)26-19-6-4-3-5-18(19)22(23,24)25/h3-8,13H,9-12,14H2,1-2H3,(H,26,29). The van der Waals surface area contributed by atoms with Crippen molar-refractivity contribution in [3.05, 3.63) is 64.7 Å². The van der Waals surface area contributed by atoms with Gasteiger partial charge in [0.2, 0.25) is 5.91 Å². The maximum Gasteiger partial charge on any atom is 0.418 e. The fraction of sp³-hybridized carbons (Fsp3) is 0.364. The molecule has 2 amide bonds. The van der Waals surface area contributed by atoms with Gasteiger partial charge in [-0.15, -0.1) is 0 Å². The summed E-state index contributed by atoms with van der Waals surface area (Å²) in [5.74, 6) is -0.568. The molecule has 1 aliphatic heterocycles. The Hall–Kier alpha value is -2.87. The highest BCUT2D eigenvalue weighted by Crippen LogP contribution is 2.34. The van der Waals surface area contributed by atoms with E-state index >= 15 is 0 Å². The van der Waals surface area contributed by atoms with Crippen LogP contribution < -0.4 is 5.32 Å². The van der Waals surface area contributed by atoms with Crippen molar-refractivity contribution >= 4 is 17.5 Å². The minimum Gasteiger partial charge on any atom is -0.336 e. The van der Waals surface area contributed by atoms with Gasteiger partial charge >= 0.3 is 6.18 Å². The molecular formula is C22H24F3N3O2. The average molecular weight is 419 g/mol. The van der Waals surface area contributed by atoms with Crippen LogP contribution in [0.4, 0.5) is 18.9 Å². The number of anilines is 1. The second-order valence-corrected chi connectivity index (χ2v) is 7.46. The number of aryl methyl sites for hydroxylation is 2. The van der Waals surface area contributed by atoms with Crippen LogP contribution >= 0.6 is 0 Å². The van der Waals surface area contributed by atoms with Gasteiger partial charge in [0.15, 0.2) is 0 Å². The molecule has 2 aromatic carbocycles. The van der Waals surface area contributed by atoms with E-state index in [1.165, 1.54) is 18.2 Å². The van der Waals surface area contributed by atoms with Crippen molar-refractivity contribution in [2.75, 3.05) is 38.0 Å². The molecular weight excluding hydrogens is 395 g/mol. The van der Waals surface area contributed by atoms with Crippen LogP contribution in [-0.2, 0) is 11.0 Å². The average Bonchev–Trinajstić information content (AvgIpc) is 2.69. The molecule has 1 N–H and O–H groups in total. The number of nitrogens with one attached hydrogen (secondary N) is 1. The number of hydrogen-bond acceptors (Lipinski definition) is 3. The second-order valence-electron chi connectivity index (χ2n) is 7.46. The van der Waals surface area contributed by atoms with E-state index in [-0.39, 0.29) is 18.1 Å². The van der Waals surface area contributed by atoms with Gasteiger partial charge in [0.05, 0.1) is 17.8 Å². The van der Waals surface area contributed by atoms with E-state index < -0.39 is 17.6 Å². The van der Waals surface area contributed by atoms with E-state index in [1.807, 2.05) is 36.9 Å². The van der Waals surface area contributed by atoms with Crippen LogP contribution in [0.15, 0.2) is 42.5 Å². The van der Waals surface area contributed by atoms with E-state index in [4.69, 9.17) is 0 Å². The predicted molar refractivity (Wildman–Crippen MR) is 108 cm³/mol. The number of piperazine rings is 1. The van der Waals surface area contributed by atoms with Crippen molar-refractivity contribution in [1.82, 2.24) is 9.80 Å². The van der Waals surface area contributed by atoms with E-state index in [0.29, 0.717) is 31.7 Å². The molecule has 0 radical (unpaired) electrons. The normalized spacial score (nSPS) is 15.2. The van der Waals surface area contributed by atoms with Crippen LogP contribution in [0, 0.1) is 13.8 Å². The van der Waals surface area contributed by atoms with Gasteiger partial charge in [0.1, 0.15) is 0 Å². The summed E-state index contributed by atoms with van der Waals surface area (Å²) in [5.41, 5.74) is 1.68. The molecule has 1 aliphatic rings. The molecule has 8 heteroatoms. The Balaban J connectivity index is 1.54. The lowest BCUT2D eigenvalue weighted by atomic mass is 10.1. The Kier molecular flexibility index (Phi) is 6.45. The quantitative estimate of drug-likeness (QED) is 0.822. The predicted octanol–water partition coefficient (Wildman–Crippen LogP) is 3.72.